The van der Waals surface area contributed by atoms with E-state index in [0.717, 1.165) is 37.1 Å². The lowest BCUT2D eigenvalue weighted by atomic mass is 10.1. The molecule has 3 rings (SSSR count). The highest BCUT2D eigenvalue weighted by atomic mass is 19.1. The number of nitrogens with zero attached hydrogens (tertiary/aromatic N) is 1. The molecule has 8 nitrogen and oxygen atoms in total. The second-order valence-corrected chi connectivity index (χ2v) is 6.97. The van der Waals surface area contributed by atoms with Gasteiger partial charge in [-0.3, -0.25) is 14.9 Å². The van der Waals surface area contributed by atoms with Crippen LogP contribution in [0, 0.1) is 22.9 Å². The number of amides is 1. The Hall–Kier alpha value is -3.20. The summed E-state index contributed by atoms with van der Waals surface area (Å²) in [5.41, 5.74) is 0.0643. The molecule has 2 aromatic carbocycles. The highest BCUT2D eigenvalue weighted by Crippen LogP contribution is 2.29. The maximum Gasteiger partial charge on any atom is 0.276 e. The lowest BCUT2D eigenvalue weighted by Crippen LogP contribution is -2.23. The van der Waals surface area contributed by atoms with Gasteiger partial charge in [0.1, 0.15) is 12.4 Å². The van der Waals surface area contributed by atoms with Crippen molar-refractivity contribution in [2.75, 3.05) is 20.3 Å². The Labute approximate surface area is 173 Å². The van der Waals surface area contributed by atoms with Crippen molar-refractivity contribution in [2.24, 2.45) is 0 Å². The lowest BCUT2D eigenvalue weighted by Gasteiger charge is -2.15. The molecule has 1 aliphatic rings. The van der Waals surface area contributed by atoms with Crippen LogP contribution in [0.25, 0.3) is 0 Å². The first-order valence-corrected chi connectivity index (χ1v) is 9.53. The molecule has 0 bridgehead atoms. The molecule has 1 saturated heterocycles. The fourth-order valence-electron chi connectivity index (χ4n) is 3.17. The van der Waals surface area contributed by atoms with Crippen molar-refractivity contribution in [3.8, 4) is 11.5 Å². The number of nitrogens with one attached hydrogen (secondary N) is 1. The fourth-order valence-corrected chi connectivity index (χ4v) is 3.17. The molecule has 1 atom stereocenters. The normalized spacial score (nSPS) is 15.6. The van der Waals surface area contributed by atoms with Crippen LogP contribution >= 0.6 is 0 Å². The number of methoxy groups -OCH3 is 1. The van der Waals surface area contributed by atoms with Gasteiger partial charge in [-0.05, 0) is 43.5 Å². The number of rotatable bonds is 8. The molecular weight excluding hydrogens is 395 g/mol. The monoisotopic (exact) mass is 418 g/mol. The SMILES string of the molecule is COc1cc(CNC(=O)c2cc(F)c(C)c([N+](=O)[O-])c2)ccc1OCC1CCCO1. The maximum atomic E-state index is 13.9. The zero-order valence-corrected chi connectivity index (χ0v) is 16.8. The molecule has 0 aliphatic carbocycles. The number of carbonyl (C=O) groups is 1. The summed E-state index contributed by atoms with van der Waals surface area (Å²) < 4.78 is 30.6. The molecule has 1 amide bonds. The first-order chi connectivity index (χ1) is 14.4. The van der Waals surface area contributed by atoms with Gasteiger partial charge in [0.15, 0.2) is 11.5 Å². The number of hydrogen-bond acceptors (Lipinski definition) is 6. The summed E-state index contributed by atoms with van der Waals surface area (Å²) in [5, 5.41) is 13.7. The second-order valence-electron chi connectivity index (χ2n) is 6.97. The van der Waals surface area contributed by atoms with E-state index in [4.69, 9.17) is 14.2 Å². The van der Waals surface area contributed by atoms with E-state index in [1.807, 2.05) is 0 Å². The quantitative estimate of drug-likeness (QED) is 0.520. The molecule has 1 fully saturated rings. The summed E-state index contributed by atoms with van der Waals surface area (Å²) in [6.45, 7) is 2.61. The van der Waals surface area contributed by atoms with Crippen LogP contribution in [0.3, 0.4) is 0 Å². The third kappa shape index (κ3) is 5.04. The molecular formula is C21H23FN2O6. The molecule has 0 aromatic heterocycles. The smallest absolute Gasteiger partial charge is 0.276 e. The highest BCUT2D eigenvalue weighted by Gasteiger charge is 2.20. The third-order valence-electron chi connectivity index (χ3n) is 4.91. The van der Waals surface area contributed by atoms with Gasteiger partial charge in [-0.25, -0.2) is 4.39 Å². The summed E-state index contributed by atoms with van der Waals surface area (Å²) in [6, 6.07) is 7.29. The first kappa shape index (κ1) is 21.5. The van der Waals surface area contributed by atoms with E-state index in [9.17, 15) is 19.3 Å². The maximum absolute atomic E-state index is 13.9. The number of carbonyl (C=O) groups excluding carboxylic acids is 1. The molecule has 160 valence electrons. The van der Waals surface area contributed by atoms with E-state index in [2.05, 4.69) is 5.32 Å². The van der Waals surface area contributed by atoms with Crippen LogP contribution in [0.2, 0.25) is 0 Å². The summed E-state index contributed by atoms with van der Waals surface area (Å²) >= 11 is 0. The van der Waals surface area contributed by atoms with Crippen molar-refractivity contribution in [1.82, 2.24) is 5.32 Å². The Kier molecular flexibility index (Phi) is 6.83. The average Bonchev–Trinajstić information content (AvgIpc) is 3.25. The van der Waals surface area contributed by atoms with Crippen molar-refractivity contribution >= 4 is 11.6 Å². The minimum Gasteiger partial charge on any atom is -0.493 e. The average molecular weight is 418 g/mol. The highest BCUT2D eigenvalue weighted by molar-refractivity contribution is 5.95. The second kappa shape index (κ2) is 9.53. The van der Waals surface area contributed by atoms with Crippen molar-refractivity contribution in [3.63, 3.8) is 0 Å². The minimum absolute atomic E-state index is 0.0765. The van der Waals surface area contributed by atoms with Gasteiger partial charge in [-0.1, -0.05) is 6.07 Å². The Morgan fingerprint density at radius 1 is 1.33 bits per heavy atom. The molecule has 1 N–H and O–H groups in total. The van der Waals surface area contributed by atoms with Crippen LogP contribution in [0.15, 0.2) is 30.3 Å². The number of halogens is 1. The van der Waals surface area contributed by atoms with Gasteiger partial charge >= 0.3 is 0 Å². The molecule has 9 heteroatoms. The predicted octanol–water partition coefficient (Wildman–Crippen LogP) is 3.54. The van der Waals surface area contributed by atoms with E-state index in [-0.39, 0.29) is 23.8 Å². The van der Waals surface area contributed by atoms with Gasteiger partial charge in [0.2, 0.25) is 0 Å². The minimum atomic E-state index is -0.802. The molecule has 1 aliphatic heterocycles. The van der Waals surface area contributed by atoms with Crippen LogP contribution in [0.5, 0.6) is 11.5 Å². The molecule has 0 spiro atoms. The number of nitro benzene ring substituents is 1. The Morgan fingerprint density at radius 2 is 2.13 bits per heavy atom. The van der Waals surface area contributed by atoms with E-state index >= 15 is 0 Å². The van der Waals surface area contributed by atoms with Gasteiger partial charge in [0.25, 0.3) is 11.6 Å². The van der Waals surface area contributed by atoms with Crippen molar-refractivity contribution in [1.29, 1.82) is 0 Å². The van der Waals surface area contributed by atoms with Gasteiger partial charge in [0, 0.05) is 24.8 Å². The number of nitro groups is 1. The molecule has 2 aromatic rings. The fraction of sp³-hybridized carbons (Fsp3) is 0.381. The topological polar surface area (TPSA) is 99.9 Å². The van der Waals surface area contributed by atoms with Gasteiger partial charge in [-0.2, -0.15) is 0 Å². The van der Waals surface area contributed by atoms with Crippen LogP contribution < -0.4 is 14.8 Å². The van der Waals surface area contributed by atoms with E-state index in [1.54, 1.807) is 18.2 Å². The lowest BCUT2D eigenvalue weighted by molar-refractivity contribution is -0.385. The van der Waals surface area contributed by atoms with Gasteiger partial charge < -0.3 is 19.5 Å². The van der Waals surface area contributed by atoms with Crippen LogP contribution in [-0.4, -0.2) is 37.3 Å². The summed E-state index contributed by atoms with van der Waals surface area (Å²) in [4.78, 5) is 22.7. The summed E-state index contributed by atoms with van der Waals surface area (Å²) in [7, 11) is 1.52. The molecule has 1 heterocycles. The largest absolute Gasteiger partial charge is 0.493 e. The van der Waals surface area contributed by atoms with Crippen LogP contribution in [0.1, 0.15) is 34.3 Å². The van der Waals surface area contributed by atoms with Crippen molar-refractivity contribution in [2.45, 2.75) is 32.4 Å². The molecule has 30 heavy (non-hydrogen) atoms. The van der Waals surface area contributed by atoms with Crippen molar-refractivity contribution < 1.29 is 28.3 Å². The van der Waals surface area contributed by atoms with Gasteiger partial charge in [-0.15, -0.1) is 0 Å². The predicted molar refractivity (Wildman–Crippen MR) is 106 cm³/mol. The first-order valence-electron chi connectivity index (χ1n) is 9.53. The van der Waals surface area contributed by atoms with E-state index in [0.29, 0.717) is 18.1 Å². The van der Waals surface area contributed by atoms with Crippen LogP contribution in [-0.2, 0) is 11.3 Å². The summed E-state index contributed by atoms with van der Waals surface area (Å²) in [5.74, 6) is -0.338. The Bertz CT molecular complexity index is 943. The molecule has 0 radical (unpaired) electrons. The van der Waals surface area contributed by atoms with Gasteiger partial charge in [0.05, 0.1) is 23.7 Å². The van der Waals surface area contributed by atoms with Crippen molar-refractivity contribution in [3.05, 3.63) is 63.0 Å². The number of hydrogen-bond donors (Lipinski definition) is 1. The zero-order valence-electron chi connectivity index (χ0n) is 16.8. The van der Waals surface area contributed by atoms with E-state index < -0.39 is 22.3 Å². The Balaban J connectivity index is 1.65. The molecule has 0 saturated carbocycles. The summed E-state index contributed by atoms with van der Waals surface area (Å²) in [6.07, 6.45) is 2.06. The Morgan fingerprint density at radius 3 is 2.80 bits per heavy atom. The van der Waals surface area contributed by atoms with E-state index in [1.165, 1.54) is 14.0 Å². The van der Waals surface area contributed by atoms with Crippen LogP contribution in [0.4, 0.5) is 10.1 Å². The standard InChI is InChI=1S/C21H23FN2O6/c1-13-17(22)9-15(10-18(13)24(26)27)21(25)23-11-14-5-6-19(20(8-14)28-2)30-12-16-4-3-7-29-16/h5-6,8-10,16H,3-4,7,11-12H2,1-2H3,(H,23,25). The molecule has 1 unspecified atom stereocenters. The third-order valence-corrected chi connectivity index (χ3v) is 4.91. The zero-order chi connectivity index (χ0) is 21.7. The number of ether oxygens (including phenoxy) is 3. The number of benzene rings is 2.